The fourth-order valence-corrected chi connectivity index (χ4v) is 3.65. The van der Waals surface area contributed by atoms with Crippen molar-refractivity contribution in [2.45, 2.75) is 64.0 Å². The molecule has 0 aromatic rings. The molecule has 2 heteroatoms. The molecule has 0 radical (unpaired) electrons. The van der Waals surface area contributed by atoms with Crippen LogP contribution >= 0.6 is 0 Å². The zero-order valence-corrected chi connectivity index (χ0v) is 10.4. The maximum Gasteiger partial charge on any atom is 0.0335 e. The number of piperidine rings is 1. The first-order valence-electron chi connectivity index (χ1n) is 6.81. The summed E-state index contributed by atoms with van der Waals surface area (Å²) in [7, 11) is 0. The third-order valence-electron chi connectivity index (χ3n) is 4.57. The predicted octanol–water partition coefficient (Wildman–Crippen LogP) is 2.39. The van der Waals surface area contributed by atoms with Gasteiger partial charge in [-0.3, -0.25) is 4.90 Å². The van der Waals surface area contributed by atoms with Gasteiger partial charge in [0.25, 0.3) is 0 Å². The average molecular weight is 210 g/mol. The summed E-state index contributed by atoms with van der Waals surface area (Å²) in [6, 6.07) is 0.809. The zero-order chi connectivity index (χ0) is 10.7. The van der Waals surface area contributed by atoms with E-state index in [9.17, 15) is 0 Å². The highest BCUT2D eigenvalue weighted by Gasteiger charge is 2.42. The van der Waals surface area contributed by atoms with Crippen molar-refractivity contribution < 1.29 is 0 Å². The number of rotatable bonds is 3. The topological polar surface area (TPSA) is 15.3 Å². The standard InChI is InChI=1S/C13H26N2/c1-3-13(9-7-10-14-13)12-8-5-6-11-15(12)4-2/h12,14H,3-11H2,1-2H3. The van der Waals surface area contributed by atoms with Crippen molar-refractivity contribution in [1.29, 1.82) is 0 Å². The van der Waals surface area contributed by atoms with Crippen LogP contribution in [0.1, 0.15) is 52.4 Å². The van der Waals surface area contributed by atoms with Crippen LogP contribution in [0.25, 0.3) is 0 Å². The third kappa shape index (κ3) is 2.07. The van der Waals surface area contributed by atoms with E-state index in [0.29, 0.717) is 5.54 Å². The van der Waals surface area contributed by atoms with Crippen molar-refractivity contribution in [1.82, 2.24) is 10.2 Å². The van der Waals surface area contributed by atoms with Crippen molar-refractivity contribution in [2.24, 2.45) is 0 Å². The maximum absolute atomic E-state index is 3.81. The Balaban J connectivity index is 2.10. The van der Waals surface area contributed by atoms with Crippen molar-refractivity contribution in [3.63, 3.8) is 0 Å². The predicted molar refractivity (Wildman–Crippen MR) is 65.1 cm³/mol. The lowest BCUT2D eigenvalue weighted by Crippen LogP contribution is -2.59. The quantitative estimate of drug-likeness (QED) is 0.769. The molecule has 2 nitrogen and oxygen atoms in total. The molecular formula is C13H26N2. The zero-order valence-electron chi connectivity index (χ0n) is 10.4. The van der Waals surface area contributed by atoms with Crippen LogP contribution in [-0.4, -0.2) is 36.1 Å². The Hall–Kier alpha value is -0.0800. The van der Waals surface area contributed by atoms with E-state index >= 15 is 0 Å². The van der Waals surface area contributed by atoms with E-state index in [4.69, 9.17) is 0 Å². The fourth-order valence-electron chi connectivity index (χ4n) is 3.65. The van der Waals surface area contributed by atoms with Gasteiger partial charge in [-0.25, -0.2) is 0 Å². The molecule has 0 bridgehead atoms. The van der Waals surface area contributed by atoms with E-state index < -0.39 is 0 Å². The Bertz CT molecular complexity index is 197. The van der Waals surface area contributed by atoms with Crippen molar-refractivity contribution in [3.05, 3.63) is 0 Å². The Kier molecular flexibility index (Phi) is 3.68. The molecule has 0 aromatic heterocycles. The third-order valence-corrected chi connectivity index (χ3v) is 4.57. The van der Waals surface area contributed by atoms with E-state index in [-0.39, 0.29) is 0 Å². The summed E-state index contributed by atoms with van der Waals surface area (Å²) < 4.78 is 0. The Morgan fingerprint density at radius 1 is 1.27 bits per heavy atom. The van der Waals surface area contributed by atoms with Crippen LogP contribution in [-0.2, 0) is 0 Å². The molecule has 0 aromatic carbocycles. The minimum absolute atomic E-state index is 0.455. The van der Waals surface area contributed by atoms with E-state index in [1.165, 1.54) is 58.2 Å². The monoisotopic (exact) mass is 210 g/mol. The molecule has 0 amide bonds. The van der Waals surface area contributed by atoms with Gasteiger partial charge in [-0.05, 0) is 51.7 Å². The van der Waals surface area contributed by atoms with Crippen LogP contribution in [0.15, 0.2) is 0 Å². The van der Waals surface area contributed by atoms with Gasteiger partial charge < -0.3 is 5.32 Å². The molecule has 2 fully saturated rings. The number of likely N-dealkylation sites (N-methyl/N-ethyl adjacent to an activating group) is 1. The highest BCUT2D eigenvalue weighted by Crippen LogP contribution is 2.34. The lowest BCUT2D eigenvalue weighted by molar-refractivity contribution is 0.0724. The fraction of sp³-hybridized carbons (Fsp3) is 1.00. The van der Waals surface area contributed by atoms with Crippen LogP contribution in [0, 0.1) is 0 Å². The molecule has 0 spiro atoms. The number of likely N-dealkylation sites (tertiary alicyclic amines) is 1. The highest BCUT2D eigenvalue weighted by atomic mass is 15.2. The molecule has 15 heavy (non-hydrogen) atoms. The highest BCUT2D eigenvalue weighted by molar-refractivity contribution is 5.03. The number of nitrogens with one attached hydrogen (secondary N) is 1. The summed E-state index contributed by atoms with van der Waals surface area (Å²) in [5.41, 5.74) is 0.455. The van der Waals surface area contributed by atoms with Crippen molar-refractivity contribution in [2.75, 3.05) is 19.6 Å². The van der Waals surface area contributed by atoms with Crippen LogP contribution < -0.4 is 5.32 Å². The second-order valence-electron chi connectivity index (χ2n) is 5.18. The molecular weight excluding hydrogens is 184 g/mol. The summed E-state index contributed by atoms with van der Waals surface area (Å²) >= 11 is 0. The number of hydrogen-bond donors (Lipinski definition) is 1. The molecule has 0 aliphatic carbocycles. The lowest BCUT2D eigenvalue weighted by Gasteiger charge is -2.46. The minimum atomic E-state index is 0.455. The van der Waals surface area contributed by atoms with Crippen molar-refractivity contribution >= 4 is 0 Å². The second kappa shape index (κ2) is 4.84. The maximum atomic E-state index is 3.81. The molecule has 88 valence electrons. The smallest absolute Gasteiger partial charge is 0.0335 e. The van der Waals surface area contributed by atoms with Crippen LogP contribution in [0.3, 0.4) is 0 Å². The Labute approximate surface area is 94.4 Å². The Morgan fingerprint density at radius 2 is 2.13 bits per heavy atom. The molecule has 2 unspecified atom stereocenters. The molecule has 2 saturated heterocycles. The van der Waals surface area contributed by atoms with E-state index in [1.54, 1.807) is 0 Å². The SMILES string of the molecule is CCN1CCCCC1C1(CC)CCCN1. The van der Waals surface area contributed by atoms with Crippen LogP contribution in [0.4, 0.5) is 0 Å². The van der Waals surface area contributed by atoms with Gasteiger partial charge in [-0.15, -0.1) is 0 Å². The van der Waals surface area contributed by atoms with Gasteiger partial charge in [-0.1, -0.05) is 20.3 Å². The summed E-state index contributed by atoms with van der Waals surface area (Å²) in [5, 5.41) is 3.81. The molecule has 2 atom stereocenters. The van der Waals surface area contributed by atoms with Crippen LogP contribution in [0.2, 0.25) is 0 Å². The molecule has 1 N–H and O–H groups in total. The van der Waals surface area contributed by atoms with Crippen molar-refractivity contribution in [3.8, 4) is 0 Å². The minimum Gasteiger partial charge on any atom is -0.310 e. The Morgan fingerprint density at radius 3 is 2.73 bits per heavy atom. The average Bonchev–Trinajstić information content (AvgIpc) is 2.79. The van der Waals surface area contributed by atoms with E-state index in [1.807, 2.05) is 0 Å². The van der Waals surface area contributed by atoms with Gasteiger partial charge in [0.05, 0.1) is 0 Å². The first-order valence-corrected chi connectivity index (χ1v) is 6.81. The molecule has 2 rings (SSSR count). The van der Waals surface area contributed by atoms with E-state index in [2.05, 4.69) is 24.1 Å². The van der Waals surface area contributed by atoms with Gasteiger partial charge in [0.2, 0.25) is 0 Å². The largest absolute Gasteiger partial charge is 0.310 e. The summed E-state index contributed by atoms with van der Waals surface area (Å²) in [4.78, 5) is 2.71. The second-order valence-corrected chi connectivity index (χ2v) is 5.18. The van der Waals surface area contributed by atoms with Crippen LogP contribution in [0.5, 0.6) is 0 Å². The first-order chi connectivity index (χ1) is 7.32. The molecule has 2 aliphatic rings. The van der Waals surface area contributed by atoms with Gasteiger partial charge in [0.15, 0.2) is 0 Å². The number of nitrogens with zero attached hydrogens (tertiary/aromatic N) is 1. The van der Waals surface area contributed by atoms with Gasteiger partial charge in [0, 0.05) is 11.6 Å². The normalized spacial score (nSPS) is 38.4. The molecule has 0 saturated carbocycles. The summed E-state index contributed by atoms with van der Waals surface area (Å²) in [6.07, 6.45) is 8.32. The first kappa shape index (κ1) is 11.4. The van der Waals surface area contributed by atoms with Gasteiger partial charge in [-0.2, -0.15) is 0 Å². The van der Waals surface area contributed by atoms with E-state index in [0.717, 1.165) is 6.04 Å². The summed E-state index contributed by atoms with van der Waals surface area (Å²) in [6.45, 7) is 8.47. The van der Waals surface area contributed by atoms with Gasteiger partial charge in [0.1, 0.15) is 0 Å². The lowest BCUT2D eigenvalue weighted by atomic mass is 9.80. The molecule has 2 heterocycles. The number of hydrogen-bond acceptors (Lipinski definition) is 2. The summed E-state index contributed by atoms with van der Waals surface area (Å²) in [5.74, 6) is 0. The molecule has 2 aliphatic heterocycles. The van der Waals surface area contributed by atoms with Gasteiger partial charge >= 0.3 is 0 Å².